The fourth-order valence-electron chi connectivity index (χ4n) is 5.05. The quantitative estimate of drug-likeness (QED) is 0.240. The Hall–Kier alpha value is -5.19. The van der Waals surface area contributed by atoms with Crippen LogP contribution in [0.1, 0.15) is 11.3 Å². The first-order valence-corrected chi connectivity index (χ1v) is 14.1. The van der Waals surface area contributed by atoms with E-state index in [1.165, 1.54) is 41.8 Å². The summed E-state index contributed by atoms with van der Waals surface area (Å²) in [4.78, 5) is 30.9. The van der Waals surface area contributed by atoms with E-state index < -0.39 is 53.8 Å². The Balaban J connectivity index is 1.47. The molecule has 2 aromatic heterocycles. The zero-order valence-electron chi connectivity index (χ0n) is 24.6. The van der Waals surface area contributed by atoms with Gasteiger partial charge in [0.05, 0.1) is 41.4 Å². The molecule has 1 atom stereocenters. The van der Waals surface area contributed by atoms with Crippen molar-refractivity contribution in [1.29, 1.82) is 0 Å². The molecule has 4 aromatic rings. The first-order valence-electron chi connectivity index (χ1n) is 14.1. The van der Waals surface area contributed by atoms with Crippen LogP contribution in [0.2, 0.25) is 0 Å². The number of likely N-dealkylation sites (N-methyl/N-ethyl adjacent to an activating group) is 1. The summed E-state index contributed by atoms with van der Waals surface area (Å²) in [5, 5.41) is 12.9. The molecule has 47 heavy (non-hydrogen) atoms. The van der Waals surface area contributed by atoms with Crippen LogP contribution < -0.4 is 20.3 Å². The van der Waals surface area contributed by atoms with Crippen LogP contribution in [0.15, 0.2) is 71.6 Å². The van der Waals surface area contributed by atoms with Crippen molar-refractivity contribution in [3.05, 3.63) is 78.4 Å². The lowest BCUT2D eigenvalue weighted by Crippen LogP contribution is -2.56. The van der Waals surface area contributed by atoms with Crippen molar-refractivity contribution in [3.8, 4) is 23.0 Å². The van der Waals surface area contributed by atoms with E-state index in [4.69, 9.17) is 9.15 Å². The number of halogens is 6. The van der Waals surface area contributed by atoms with Crippen LogP contribution in [-0.4, -0.2) is 77.3 Å². The van der Waals surface area contributed by atoms with E-state index in [0.29, 0.717) is 10.5 Å². The molecule has 0 spiro atoms. The minimum absolute atomic E-state index is 0.0131. The van der Waals surface area contributed by atoms with E-state index in [1.807, 2.05) is 0 Å². The van der Waals surface area contributed by atoms with Crippen molar-refractivity contribution in [2.75, 3.05) is 43.4 Å². The third kappa shape index (κ3) is 8.16. The van der Waals surface area contributed by atoms with E-state index >= 15 is 0 Å². The second-order valence-corrected chi connectivity index (χ2v) is 10.5. The second kappa shape index (κ2) is 13.7. The molecule has 2 N–H and O–H groups in total. The Morgan fingerprint density at radius 2 is 1.85 bits per heavy atom. The molecule has 3 heterocycles. The monoisotopic (exact) mass is 663 g/mol. The predicted octanol–water partition coefficient (Wildman–Crippen LogP) is 4.92. The Bertz CT molecular complexity index is 1700. The average molecular weight is 664 g/mol. The lowest BCUT2D eigenvalue weighted by atomic mass is 10.0. The summed E-state index contributed by atoms with van der Waals surface area (Å²) in [5.74, 6) is -3.08. The highest BCUT2D eigenvalue weighted by Crippen LogP contribution is 2.48. The average Bonchev–Trinajstić information content (AvgIpc) is 3.49. The first kappa shape index (κ1) is 33.2. The van der Waals surface area contributed by atoms with Crippen LogP contribution in [0.3, 0.4) is 0 Å². The lowest BCUT2D eigenvalue weighted by Gasteiger charge is -2.39. The molecule has 5 rings (SSSR count). The number of carbonyl (C=O) groups is 2. The highest BCUT2D eigenvalue weighted by Gasteiger charge is 2.43. The van der Waals surface area contributed by atoms with Gasteiger partial charge in [-0.15, -0.1) is 0 Å². The summed E-state index contributed by atoms with van der Waals surface area (Å²) in [6.07, 6.45) is -6.43. The van der Waals surface area contributed by atoms with Crippen molar-refractivity contribution in [1.82, 2.24) is 25.4 Å². The Kier molecular flexibility index (Phi) is 9.64. The van der Waals surface area contributed by atoms with Gasteiger partial charge in [0.1, 0.15) is 23.3 Å². The predicted molar refractivity (Wildman–Crippen MR) is 156 cm³/mol. The summed E-state index contributed by atoms with van der Waals surface area (Å²) >= 11 is 0. The summed E-state index contributed by atoms with van der Waals surface area (Å²) in [7, 11) is 0.956. The van der Waals surface area contributed by atoms with Gasteiger partial charge in [-0.25, -0.2) is 4.98 Å². The number of hydrogen-bond donors (Lipinski definition) is 2. The smallest absolute Gasteiger partial charge is 0.457 e. The fraction of sp³-hybridized carbons (Fsp3) is 0.300. The number of hydrogen-bond acceptors (Lipinski definition) is 9. The Morgan fingerprint density at radius 1 is 1.09 bits per heavy atom. The van der Waals surface area contributed by atoms with Crippen LogP contribution in [0.25, 0.3) is 11.5 Å². The molecule has 17 heteroatoms. The molecule has 0 unspecified atom stereocenters. The molecule has 1 aliphatic heterocycles. The molecule has 2 amide bonds. The fourth-order valence-corrected chi connectivity index (χ4v) is 5.05. The van der Waals surface area contributed by atoms with E-state index in [-0.39, 0.29) is 49.1 Å². The molecule has 0 saturated carbocycles. The molecule has 0 aliphatic carbocycles. The number of para-hydroxylation sites is 1. The van der Waals surface area contributed by atoms with Crippen LogP contribution >= 0.6 is 0 Å². The van der Waals surface area contributed by atoms with Gasteiger partial charge >= 0.3 is 18.3 Å². The molecule has 2 aromatic carbocycles. The normalized spacial score (nSPS) is 15.3. The van der Waals surface area contributed by atoms with Crippen LogP contribution in [0, 0.1) is 0 Å². The lowest BCUT2D eigenvalue weighted by molar-refractivity contribution is -0.184. The number of rotatable bonds is 9. The van der Waals surface area contributed by atoms with Crippen molar-refractivity contribution in [2.24, 2.45) is 0 Å². The minimum Gasteiger partial charge on any atom is -0.457 e. The molecule has 0 bridgehead atoms. The van der Waals surface area contributed by atoms with Crippen molar-refractivity contribution >= 4 is 23.2 Å². The number of nitrogens with one attached hydrogen (secondary N) is 2. The van der Waals surface area contributed by atoms with Gasteiger partial charge in [0.25, 0.3) is 0 Å². The van der Waals surface area contributed by atoms with Crippen LogP contribution in [-0.2, 0) is 22.2 Å². The summed E-state index contributed by atoms with van der Waals surface area (Å²) in [5.41, 5.74) is -1.18. The summed E-state index contributed by atoms with van der Waals surface area (Å²) in [6.45, 7) is -0.623. The molecule has 1 aliphatic rings. The highest BCUT2D eigenvalue weighted by atomic mass is 19.4. The van der Waals surface area contributed by atoms with Crippen LogP contribution in [0.5, 0.6) is 11.5 Å². The molecule has 1 fully saturated rings. The maximum absolute atomic E-state index is 14.9. The van der Waals surface area contributed by atoms with E-state index in [0.717, 1.165) is 13.1 Å². The zero-order chi connectivity index (χ0) is 33.8. The topological polar surface area (TPSA) is 126 Å². The number of benzene rings is 2. The number of nitrogens with zero attached hydrogens (tertiary/aromatic N) is 5. The summed E-state index contributed by atoms with van der Waals surface area (Å²) in [6, 6.07) is 10.8. The minimum atomic E-state index is -5.12. The highest BCUT2D eigenvalue weighted by molar-refractivity contribution is 5.96. The third-order valence-corrected chi connectivity index (χ3v) is 7.05. The van der Waals surface area contributed by atoms with E-state index in [2.05, 4.69) is 25.8 Å². The van der Waals surface area contributed by atoms with Crippen molar-refractivity contribution in [2.45, 2.75) is 24.8 Å². The van der Waals surface area contributed by atoms with Gasteiger partial charge in [-0.05, 0) is 30.3 Å². The largest absolute Gasteiger partial charge is 0.471 e. The molecule has 11 nitrogen and oxygen atoms in total. The number of aromatic nitrogens is 3. The third-order valence-electron chi connectivity index (χ3n) is 7.05. The maximum atomic E-state index is 14.9. The van der Waals surface area contributed by atoms with Gasteiger partial charge in [0.2, 0.25) is 11.8 Å². The number of alkyl halides is 6. The van der Waals surface area contributed by atoms with Gasteiger partial charge in [0, 0.05) is 39.3 Å². The van der Waals surface area contributed by atoms with E-state index in [9.17, 15) is 35.9 Å². The number of ether oxygens (including phenoxy) is 1. The molecular weight excluding hydrogens is 636 g/mol. The van der Waals surface area contributed by atoms with Gasteiger partial charge < -0.3 is 29.6 Å². The Morgan fingerprint density at radius 3 is 2.53 bits per heavy atom. The number of amides is 2. The first-order chi connectivity index (χ1) is 22.3. The zero-order valence-corrected chi connectivity index (χ0v) is 24.6. The van der Waals surface area contributed by atoms with Gasteiger partial charge in [-0.2, -0.15) is 36.5 Å². The molecule has 1 saturated heterocycles. The number of anilines is 2. The molecule has 248 valence electrons. The van der Waals surface area contributed by atoms with Gasteiger partial charge in [-0.1, -0.05) is 18.2 Å². The van der Waals surface area contributed by atoms with Gasteiger partial charge in [-0.3, -0.25) is 9.59 Å². The SMILES string of the molecule is CN(C[C@H]1CN(c2c(NC(=O)Cc3coc(-c4ccnnc4)n3)ccc(Oc3ccccc3)c2C(F)(F)F)CCN1)C(=O)C(F)(F)F. The van der Waals surface area contributed by atoms with Crippen molar-refractivity contribution in [3.63, 3.8) is 0 Å². The maximum Gasteiger partial charge on any atom is 0.471 e. The number of oxazole rings is 1. The van der Waals surface area contributed by atoms with E-state index in [1.54, 1.807) is 24.3 Å². The standard InChI is InChI=1S/C30H27F6N7O4/c1-42(28(45)30(34,35)36)15-20-16-43(12-11-37-20)26-22(7-8-23(25(26)29(31,32)33)47-21-5-3-2-4-6-21)41-24(44)13-19-17-46-27(40-19)18-9-10-38-39-14-18/h2-10,14,17,20,37H,11-13,15-16H2,1H3,(H,41,44)/t20-/m0/s1. The Labute approximate surface area is 263 Å². The summed E-state index contributed by atoms with van der Waals surface area (Å²) < 4.78 is 94.7. The second-order valence-electron chi connectivity index (χ2n) is 10.5. The number of carbonyl (C=O) groups excluding carboxylic acids is 2. The van der Waals surface area contributed by atoms with Gasteiger partial charge in [0.15, 0.2) is 0 Å². The van der Waals surface area contributed by atoms with Crippen molar-refractivity contribution < 1.29 is 45.1 Å². The van der Waals surface area contributed by atoms with Crippen LogP contribution in [0.4, 0.5) is 37.7 Å². The molecular formula is C30H27F6N7O4. The molecule has 0 radical (unpaired) electrons. The number of piperazine rings is 1.